The molecule has 17 heavy (non-hydrogen) atoms. The van der Waals surface area contributed by atoms with Crippen molar-refractivity contribution in [3.8, 4) is 0 Å². The molecule has 0 saturated carbocycles. The molecule has 3 heteroatoms. The molecule has 1 aliphatic rings. The molecule has 0 spiro atoms. The van der Waals surface area contributed by atoms with Crippen LogP contribution >= 0.6 is 0 Å². The van der Waals surface area contributed by atoms with Gasteiger partial charge in [-0.15, -0.1) is 0 Å². The lowest BCUT2D eigenvalue weighted by atomic mass is 9.98. The lowest BCUT2D eigenvalue weighted by molar-refractivity contribution is 0.288. The molecule has 2 nitrogen and oxygen atoms in total. The molecule has 0 aliphatic carbocycles. The van der Waals surface area contributed by atoms with Gasteiger partial charge in [0, 0.05) is 35.4 Å². The fraction of sp³-hybridized carbons (Fsp3) is 0.571. The van der Waals surface area contributed by atoms with E-state index in [0.717, 1.165) is 31.1 Å². The van der Waals surface area contributed by atoms with Crippen molar-refractivity contribution in [1.82, 2.24) is 4.90 Å². The highest BCUT2D eigenvalue weighted by Crippen LogP contribution is 2.19. The molecule has 1 aliphatic heterocycles. The highest BCUT2D eigenvalue weighted by molar-refractivity contribution is 7.85. The minimum atomic E-state index is -0.553. The van der Waals surface area contributed by atoms with Gasteiger partial charge < -0.3 is 4.90 Å². The van der Waals surface area contributed by atoms with E-state index in [1.54, 1.807) is 0 Å². The van der Waals surface area contributed by atoms with Gasteiger partial charge >= 0.3 is 0 Å². The Hall–Kier alpha value is -0.670. The van der Waals surface area contributed by atoms with Gasteiger partial charge in [0.1, 0.15) is 0 Å². The molecule has 1 aromatic rings. The van der Waals surface area contributed by atoms with Crippen molar-refractivity contribution in [2.75, 3.05) is 31.1 Å². The summed E-state index contributed by atoms with van der Waals surface area (Å²) in [6.07, 6.45) is 1.19. The van der Waals surface area contributed by atoms with Gasteiger partial charge in [-0.05, 0) is 24.4 Å². The van der Waals surface area contributed by atoms with Crippen molar-refractivity contribution >= 4 is 10.8 Å². The Bertz CT molecular complexity index is 356. The van der Waals surface area contributed by atoms with E-state index in [1.165, 1.54) is 12.0 Å². The van der Waals surface area contributed by atoms with Crippen LogP contribution in [0.5, 0.6) is 0 Å². The number of nitrogens with zero attached hydrogens (tertiary/aromatic N) is 1. The van der Waals surface area contributed by atoms with E-state index in [0.29, 0.717) is 5.92 Å². The smallest absolute Gasteiger partial charge is 0.0363 e. The number of benzene rings is 1. The first-order valence-electron chi connectivity index (χ1n) is 6.38. The minimum Gasteiger partial charge on any atom is -0.301 e. The molecule has 1 atom stereocenters. The maximum Gasteiger partial charge on any atom is 0.0363 e. The van der Waals surface area contributed by atoms with E-state index in [4.69, 9.17) is 0 Å². The first kappa shape index (κ1) is 12.8. The highest BCUT2D eigenvalue weighted by atomic mass is 32.2. The molecule has 1 heterocycles. The zero-order valence-corrected chi connectivity index (χ0v) is 11.3. The average molecular weight is 251 g/mol. The summed E-state index contributed by atoms with van der Waals surface area (Å²) >= 11 is 0. The molecule has 0 N–H and O–H groups in total. The zero-order valence-electron chi connectivity index (χ0n) is 10.5. The molecule has 1 aromatic carbocycles. The van der Waals surface area contributed by atoms with Crippen molar-refractivity contribution in [2.24, 2.45) is 0 Å². The SMILES string of the molecule is CC(CCN1CCS(=O)CC1)c1ccccc1. The first-order chi connectivity index (χ1) is 8.25. The van der Waals surface area contributed by atoms with Crippen molar-refractivity contribution in [2.45, 2.75) is 19.3 Å². The Balaban J connectivity index is 1.77. The summed E-state index contributed by atoms with van der Waals surface area (Å²) in [4.78, 5) is 2.45. The molecular formula is C14H21NOS. The standard InChI is InChI=1S/C14H21NOS/c1-13(14-5-3-2-4-6-14)7-8-15-9-11-17(16)12-10-15/h2-6,13H,7-12H2,1H3. The fourth-order valence-corrected chi connectivity index (χ4v) is 3.35. The number of hydrogen-bond donors (Lipinski definition) is 0. The Morgan fingerprint density at radius 2 is 1.88 bits per heavy atom. The van der Waals surface area contributed by atoms with Crippen LogP contribution in [0.2, 0.25) is 0 Å². The molecule has 0 aromatic heterocycles. The van der Waals surface area contributed by atoms with Crippen LogP contribution in [0.3, 0.4) is 0 Å². The van der Waals surface area contributed by atoms with Crippen molar-refractivity contribution in [3.63, 3.8) is 0 Å². The predicted octanol–water partition coefficient (Wildman–Crippen LogP) is 2.24. The second kappa shape index (κ2) is 6.31. The monoisotopic (exact) mass is 251 g/mol. The van der Waals surface area contributed by atoms with E-state index < -0.39 is 10.8 Å². The van der Waals surface area contributed by atoms with Crippen LogP contribution in [0.1, 0.15) is 24.8 Å². The van der Waals surface area contributed by atoms with Crippen molar-refractivity contribution in [3.05, 3.63) is 35.9 Å². The number of hydrogen-bond acceptors (Lipinski definition) is 2. The first-order valence-corrected chi connectivity index (χ1v) is 7.87. The van der Waals surface area contributed by atoms with Gasteiger partial charge in [-0.1, -0.05) is 37.3 Å². The average Bonchev–Trinajstić information content (AvgIpc) is 2.39. The van der Waals surface area contributed by atoms with E-state index in [9.17, 15) is 4.21 Å². The van der Waals surface area contributed by atoms with E-state index in [2.05, 4.69) is 42.2 Å². The van der Waals surface area contributed by atoms with Crippen LogP contribution in [-0.4, -0.2) is 40.2 Å². The molecule has 1 unspecified atom stereocenters. The molecule has 1 saturated heterocycles. The Morgan fingerprint density at radius 1 is 1.24 bits per heavy atom. The number of rotatable bonds is 4. The summed E-state index contributed by atoms with van der Waals surface area (Å²) in [6.45, 7) is 5.44. The van der Waals surface area contributed by atoms with Crippen molar-refractivity contribution in [1.29, 1.82) is 0 Å². The van der Waals surface area contributed by atoms with E-state index in [1.807, 2.05) is 0 Å². The molecule has 1 fully saturated rings. The third-order valence-electron chi connectivity index (χ3n) is 3.52. The van der Waals surface area contributed by atoms with Gasteiger partial charge in [0.05, 0.1) is 0 Å². The van der Waals surface area contributed by atoms with Crippen LogP contribution in [0.4, 0.5) is 0 Å². The third-order valence-corrected chi connectivity index (χ3v) is 4.79. The summed E-state index contributed by atoms with van der Waals surface area (Å²) < 4.78 is 11.3. The van der Waals surface area contributed by atoms with Crippen LogP contribution in [0, 0.1) is 0 Å². The summed E-state index contributed by atoms with van der Waals surface area (Å²) in [5, 5.41) is 0. The summed E-state index contributed by atoms with van der Waals surface area (Å²) in [6, 6.07) is 10.7. The second-order valence-corrected chi connectivity index (χ2v) is 6.49. The van der Waals surface area contributed by atoms with Gasteiger partial charge in [-0.3, -0.25) is 4.21 Å². The fourth-order valence-electron chi connectivity index (χ4n) is 2.22. The van der Waals surface area contributed by atoms with Gasteiger partial charge in [-0.2, -0.15) is 0 Å². The summed E-state index contributed by atoms with van der Waals surface area (Å²) in [7, 11) is -0.553. The largest absolute Gasteiger partial charge is 0.301 e. The van der Waals surface area contributed by atoms with Gasteiger partial charge in [-0.25, -0.2) is 0 Å². The van der Waals surface area contributed by atoms with Gasteiger partial charge in [0.25, 0.3) is 0 Å². The maximum absolute atomic E-state index is 11.3. The van der Waals surface area contributed by atoms with Crippen LogP contribution < -0.4 is 0 Å². The molecule has 0 bridgehead atoms. The minimum absolute atomic E-state index is 0.553. The predicted molar refractivity (Wildman–Crippen MR) is 73.8 cm³/mol. The van der Waals surface area contributed by atoms with Gasteiger partial charge in [0.15, 0.2) is 0 Å². The molecule has 2 rings (SSSR count). The maximum atomic E-state index is 11.3. The third kappa shape index (κ3) is 3.93. The van der Waals surface area contributed by atoms with Gasteiger partial charge in [0.2, 0.25) is 0 Å². The van der Waals surface area contributed by atoms with Crippen LogP contribution in [-0.2, 0) is 10.8 Å². The summed E-state index contributed by atoms with van der Waals surface area (Å²) in [5.74, 6) is 2.34. The highest BCUT2D eigenvalue weighted by Gasteiger charge is 2.15. The Labute approximate surface area is 106 Å². The van der Waals surface area contributed by atoms with Crippen LogP contribution in [0.25, 0.3) is 0 Å². The second-order valence-electron chi connectivity index (χ2n) is 4.79. The Kier molecular flexibility index (Phi) is 4.75. The normalized spacial score (nSPS) is 20.3. The molecule has 0 amide bonds. The summed E-state index contributed by atoms with van der Waals surface area (Å²) in [5.41, 5.74) is 1.42. The molecule has 0 radical (unpaired) electrons. The lowest BCUT2D eigenvalue weighted by Gasteiger charge is -2.27. The Morgan fingerprint density at radius 3 is 2.53 bits per heavy atom. The zero-order chi connectivity index (χ0) is 12.1. The lowest BCUT2D eigenvalue weighted by Crippen LogP contribution is -2.38. The van der Waals surface area contributed by atoms with Crippen molar-refractivity contribution < 1.29 is 4.21 Å². The molecule has 94 valence electrons. The van der Waals surface area contributed by atoms with E-state index >= 15 is 0 Å². The van der Waals surface area contributed by atoms with E-state index in [-0.39, 0.29) is 0 Å². The van der Waals surface area contributed by atoms with Crippen LogP contribution in [0.15, 0.2) is 30.3 Å². The quantitative estimate of drug-likeness (QED) is 0.818. The molecular weight excluding hydrogens is 230 g/mol. The topological polar surface area (TPSA) is 20.3 Å².